The maximum Gasteiger partial charge on any atom is 0.253 e. The van der Waals surface area contributed by atoms with Crippen LogP contribution in [-0.4, -0.2) is 74.2 Å². The summed E-state index contributed by atoms with van der Waals surface area (Å²) in [5.74, 6) is 3.21. The van der Waals surface area contributed by atoms with Crippen molar-refractivity contribution < 1.29 is 13.2 Å². The lowest BCUT2D eigenvalue weighted by Crippen LogP contribution is -2.48. The van der Waals surface area contributed by atoms with E-state index >= 15 is 0 Å². The molecule has 3 rings (SSSR count). The lowest BCUT2D eigenvalue weighted by Gasteiger charge is -2.35. The number of nitrogens with zero attached hydrogens (tertiary/aromatic N) is 3. The number of terminal acetylenes is 1. The highest BCUT2D eigenvalue weighted by atomic mass is 32.2. The summed E-state index contributed by atoms with van der Waals surface area (Å²) < 4.78 is 27.9. The molecule has 2 heterocycles. The predicted octanol–water partition coefficient (Wildman–Crippen LogP) is 2.13. The fourth-order valence-corrected chi connectivity index (χ4v) is 6.05. The van der Waals surface area contributed by atoms with Crippen LogP contribution in [0.15, 0.2) is 29.2 Å². The van der Waals surface area contributed by atoms with Crippen LogP contribution in [0.2, 0.25) is 0 Å². The zero-order valence-electron chi connectivity index (χ0n) is 17.4. The van der Waals surface area contributed by atoms with Crippen LogP contribution in [0.5, 0.6) is 0 Å². The summed E-state index contributed by atoms with van der Waals surface area (Å²) in [6.45, 7) is 8.91. The zero-order chi connectivity index (χ0) is 21.0. The van der Waals surface area contributed by atoms with Crippen molar-refractivity contribution in [2.75, 3.05) is 45.8 Å². The van der Waals surface area contributed by atoms with E-state index in [1.165, 1.54) is 6.07 Å². The zero-order valence-corrected chi connectivity index (χ0v) is 18.2. The highest BCUT2D eigenvalue weighted by Crippen LogP contribution is 2.27. The maximum atomic E-state index is 13.2. The summed E-state index contributed by atoms with van der Waals surface area (Å²) in [5, 5.41) is 0. The van der Waals surface area contributed by atoms with Gasteiger partial charge in [0, 0.05) is 57.8 Å². The van der Waals surface area contributed by atoms with E-state index in [-0.39, 0.29) is 10.8 Å². The van der Waals surface area contributed by atoms with Crippen LogP contribution in [0, 0.1) is 24.2 Å². The van der Waals surface area contributed by atoms with Gasteiger partial charge in [0.05, 0.1) is 4.90 Å². The molecule has 1 aromatic rings. The number of piperidine rings is 1. The second-order valence-corrected chi connectivity index (χ2v) is 10.3. The van der Waals surface area contributed by atoms with Gasteiger partial charge in [-0.25, -0.2) is 8.42 Å². The van der Waals surface area contributed by atoms with Crippen molar-refractivity contribution in [3.63, 3.8) is 0 Å². The quantitative estimate of drug-likeness (QED) is 0.689. The Labute approximate surface area is 174 Å². The van der Waals surface area contributed by atoms with Crippen LogP contribution in [0.4, 0.5) is 0 Å². The lowest BCUT2D eigenvalue weighted by molar-refractivity contribution is 0.0639. The van der Waals surface area contributed by atoms with Gasteiger partial charge in [0.1, 0.15) is 0 Å². The Hall–Kier alpha value is -1.88. The fourth-order valence-electron chi connectivity index (χ4n) is 4.32. The molecule has 2 fully saturated rings. The van der Waals surface area contributed by atoms with Crippen LogP contribution in [0.3, 0.4) is 0 Å². The minimum Gasteiger partial charge on any atom is -0.336 e. The topological polar surface area (TPSA) is 60.9 Å². The number of amides is 1. The molecule has 158 valence electrons. The molecule has 2 aliphatic rings. The van der Waals surface area contributed by atoms with Crippen LogP contribution < -0.4 is 0 Å². The first-order chi connectivity index (χ1) is 13.8. The number of carbonyl (C=O) groups is 1. The van der Waals surface area contributed by atoms with Crippen molar-refractivity contribution in [3.05, 3.63) is 29.8 Å². The minimum absolute atomic E-state index is 0.112. The maximum absolute atomic E-state index is 13.2. The summed E-state index contributed by atoms with van der Waals surface area (Å²) >= 11 is 0. The monoisotopic (exact) mass is 417 g/mol. The van der Waals surface area contributed by atoms with Gasteiger partial charge in [-0.3, -0.25) is 9.69 Å². The van der Waals surface area contributed by atoms with Crippen molar-refractivity contribution in [1.82, 2.24) is 14.1 Å². The first-order valence-electron chi connectivity index (χ1n) is 10.4. The molecule has 2 saturated heterocycles. The normalized spacial score (nSPS) is 24.2. The summed E-state index contributed by atoms with van der Waals surface area (Å²) in [5.41, 5.74) is 0.432. The van der Waals surface area contributed by atoms with E-state index in [4.69, 9.17) is 6.42 Å². The molecule has 0 unspecified atom stereocenters. The lowest BCUT2D eigenvalue weighted by atomic mass is 9.94. The molecule has 0 N–H and O–H groups in total. The van der Waals surface area contributed by atoms with E-state index in [2.05, 4.69) is 24.7 Å². The first-order valence-corrected chi connectivity index (χ1v) is 11.8. The van der Waals surface area contributed by atoms with Gasteiger partial charge in [-0.05, 0) is 36.5 Å². The third-order valence-corrected chi connectivity index (χ3v) is 7.61. The van der Waals surface area contributed by atoms with Crippen LogP contribution >= 0.6 is 0 Å². The molecule has 0 aromatic heterocycles. The van der Waals surface area contributed by atoms with E-state index in [1.807, 2.05) is 0 Å². The van der Waals surface area contributed by atoms with Crippen LogP contribution in [0.1, 0.15) is 37.0 Å². The average molecular weight is 418 g/mol. The number of piperazine rings is 1. The molecule has 0 saturated carbocycles. The molecule has 29 heavy (non-hydrogen) atoms. The fraction of sp³-hybridized carbons (Fsp3) is 0.591. The number of rotatable bonds is 5. The highest BCUT2D eigenvalue weighted by molar-refractivity contribution is 7.89. The van der Waals surface area contributed by atoms with E-state index in [1.54, 1.807) is 27.4 Å². The Morgan fingerprint density at radius 2 is 1.79 bits per heavy atom. The van der Waals surface area contributed by atoms with E-state index in [0.29, 0.717) is 50.0 Å². The smallest absolute Gasteiger partial charge is 0.253 e. The Kier molecular flexibility index (Phi) is 6.99. The highest BCUT2D eigenvalue weighted by Gasteiger charge is 2.32. The second-order valence-electron chi connectivity index (χ2n) is 8.38. The second kappa shape index (κ2) is 9.29. The molecule has 1 aromatic carbocycles. The standard InChI is InChI=1S/C22H31N3O3S/c1-4-5-9-23-10-12-24(13-11-23)22(26)20-7-6-8-21(15-20)29(27,28)25-16-18(2)14-19(3)17-25/h1,6-8,15,18-19H,5,9-14,16-17H2,2-3H3/t18-,19+. The van der Waals surface area contributed by atoms with Gasteiger partial charge in [-0.15, -0.1) is 12.3 Å². The van der Waals surface area contributed by atoms with Crippen LogP contribution in [0.25, 0.3) is 0 Å². The van der Waals surface area contributed by atoms with Crippen LogP contribution in [-0.2, 0) is 10.0 Å². The van der Waals surface area contributed by atoms with Gasteiger partial charge in [-0.2, -0.15) is 4.31 Å². The van der Waals surface area contributed by atoms with Crippen molar-refractivity contribution in [2.45, 2.75) is 31.6 Å². The number of hydrogen-bond acceptors (Lipinski definition) is 4. The summed E-state index contributed by atoms with van der Waals surface area (Å²) in [6.07, 6.45) is 7.07. The Balaban J connectivity index is 1.71. The largest absolute Gasteiger partial charge is 0.336 e. The van der Waals surface area contributed by atoms with E-state index < -0.39 is 10.0 Å². The summed E-state index contributed by atoms with van der Waals surface area (Å²) in [4.78, 5) is 17.2. The van der Waals surface area contributed by atoms with Crippen molar-refractivity contribution in [3.8, 4) is 12.3 Å². The van der Waals surface area contributed by atoms with Gasteiger partial charge < -0.3 is 4.90 Å². The number of benzene rings is 1. The minimum atomic E-state index is -3.60. The van der Waals surface area contributed by atoms with E-state index in [0.717, 1.165) is 26.1 Å². The number of hydrogen-bond donors (Lipinski definition) is 0. The Morgan fingerprint density at radius 3 is 2.41 bits per heavy atom. The third-order valence-electron chi connectivity index (χ3n) is 5.79. The molecular formula is C22H31N3O3S. The first kappa shape index (κ1) is 21.8. The molecule has 7 heteroatoms. The molecule has 6 nitrogen and oxygen atoms in total. The molecule has 1 amide bonds. The van der Waals surface area contributed by atoms with Gasteiger partial charge in [0.15, 0.2) is 0 Å². The van der Waals surface area contributed by atoms with Crippen molar-refractivity contribution >= 4 is 15.9 Å². The average Bonchev–Trinajstić information content (AvgIpc) is 2.71. The Bertz CT molecular complexity index is 860. The molecule has 0 spiro atoms. The molecule has 2 aliphatic heterocycles. The Morgan fingerprint density at radius 1 is 1.14 bits per heavy atom. The van der Waals surface area contributed by atoms with Crippen molar-refractivity contribution in [2.24, 2.45) is 11.8 Å². The summed E-state index contributed by atoms with van der Waals surface area (Å²) in [6, 6.07) is 6.49. The van der Waals surface area contributed by atoms with Gasteiger partial charge in [0.2, 0.25) is 10.0 Å². The van der Waals surface area contributed by atoms with Gasteiger partial charge >= 0.3 is 0 Å². The molecule has 0 radical (unpaired) electrons. The molecule has 0 bridgehead atoms. The molecule has 2 atom stereocenters. The van der Waals surface area contributed by atoms with Gasteiger partial charge in [-0.1, -0.05) is 19.9 Å². The van der Waals surface area contributed by atoms with E-state index in [9.17, 15) is 13.2 Å². The summed E-state index contributed by atoms with van der Waals surface area (Å²) in [7, 11) is -3.60. The molecular weight excluding hydrogens is 386 g/mol. The van der Waals surface area contributed by atoms with Gasteiger partial charge in [0.25, 0.3) is 5.91 Å². The third kappa shape index (κ3) is 5.19. The number of sulfonamides is 1. The van der Waals surface area contributed by atoms with Crippen molar-refractivity contribution in [1.29, 1.82) is 0 Å². The predicted molar refractivity (Wildman–Crippen MR) is 114 cm³/mol. The molecule has 0 aliphatic carbocycles. The number of carbonyl (C=O) groups excluding carboxylic acids is 1. The SMILES string of the molecule is C#CCCN1CCN(C(=O)c2cccc(S(=O)(=O)N3C[C@H](C)C[C@H](C)C3)c2)CC1.